The molecule has 3 aromatic rings. The van der Waals surface area contributed by atoms with Crippen LogP contribution in [0.2, 0.25) is 0 Å². The van der Waals surface area contributed by atoms with Crippen molar-refractivity contribution in [1.82, 2.24) is 30.2 Å². The van der Waals surface area contributed by atoms with Gasteiger partial charge in [-0.15, -0.1) is 0 Å². The standard InChI is InChI=1S/C22H28N10O/c1-15-19(16-12-26-21(23)27-13-16)29-22(30-20(15)32-8-10-33-11-9-32)28-17-2-3-18(25-14-17)31-6-4-24-5-7-31/h2-3,12-14,24H,4-11H2,1H3,(H2,23,26,27)(H,28,29,30). The third-order valence-corrected chi connectivity index (χ3v) is 5.82. The molecular formula is C22H28N10O. The highest BCUT2D eigenvalue weighted by Gasteiger charge is 2.20. The Morgan fingerprint density at radius 2 is 1.70 bits per heavy atom. The third kappa shape index (κ3) is 4.78. The fourth-order valence-corrected chi connectivity index (χ4v) is 4.06. The number of hydrogen-bond acceptors (Lipinski definition) is 11. The van der Waals surface area contributed by atoms with Crippen molar-refractivity contribution in [3.8, 4) is 11.3 Å². The second-order valence-electron chi connectivity index (χ2n) is 8.04. The summed E-state index contributed by atoms with van der Waals surface area (Å²) in [6.45, 7) is 8.76. The van der Waals surface area contributed by atoms with Crippen molar-refractivity contribution < 1.29 is 4.74 Å². The average Bonchev–Trinajstić information content (AvgIpc) is 2.87. The fraction of sp³-hybridized carbons (Fsp3) is 0.409. The van der Waals surface area contributed by atoms with Gasteiger partial charge >= 0.3 is 0 Å². The number of ether oxygens (including phenoxy) is 1. The molecule has 33 heavy (non-hydrogen) atoms. The van der Waals surface area contributed by atoms with E-state index in [1.807, 2.05) is 25.3 Å². The van der Waals surface area contributed by atoms with Gasteiger partial charge in [-0.2, -0.15) is 4.98 Å². The maximum atomic E-state index is 5.68. The van der Waals surface area contributed by atoms with Gasteiger partial charge in [-0.25, -0.2) is 19.9 Å². The van der Waals surface area contributed by atoms with Crippen LogP contribution in [-0.2, 0) is 4.74 Å². The molecule has 3 aromatic heterocycles. The van der Waals surface area contributed by atoms with Crippen LogP contribution in [-0.4, -0.2) is 77.4 Å². The molecule has 0 spiro atoms. The van der Waals surface area contributed by atoms with Gasteiger partial charge in [0, 0.05) is 62.8 Å². The lowest BCUT2D eigenvalue weighted by atomic mass is 10.1. The Kier molecular flexibility index (Phi) is 6.13. The molecule has 0 amide bonds. The van der Waals surface area contributed by atoms with Crippen LogP contribution >= 0.6 is 0 Å². The van der Waals surface area contributed by atoms with E-state index in [-0.39, 0.29) is 5.95 Å². The van der Waals surface area contributed by atoms with Crippen molar-refractivity contribution >= 4 is 29.2 Å². The van der Waals surface area contributed by atoms with Gasteiger partial charge in [-0.05, 0) is 19.1 Å². The summed E-state index contributed by atoms with van der Waals surface area (Å²) >= 11 is 0. The first-order chi connectivity index (χ1) is 16.2. The minimum absolute atomic E-state index is 0.230. The van der Waals surface area contributed by atoms with E-state index >= 15 is 0 Å². The molecule has 0 saturated carbocycles. The number of nitrogen functional groups attached to an aromatic ring is 1. The predicted octanol–water partition coefficient (Wildman–Crippen LogP) is 1.21. The molecule has 2 aliphatic rings. The Balaban J connectivity index is 1.45. The highest BCUT2D eigenvalue weighted by Crippen LogP contribution is 2.30. The van der Waals surface area contributed by atoms with E-state index < -0.39 is 0 Å². The Labute approximate surface area is 192 Å². The van der Waals surface area contributed by atoms with Gasteiger partial charge in [0.05, 0.1) is 30.8 Å². The molecule has 2 saturated heterocycles. The van der Waals surface area contributed by atoms with Gasteiger partial charge in [0.15, 0.2) is 0 Å². The normalized spacial score (nSPS) is 16.6. The van der Waals surface area contributed by atoms with E-state index in [0.717, 1.165) is 73.4 Å². The summed E-state index contributed by atoms with van der Waals surface area (Å²) < 4.78 is 5.53. The monoisotopic (exact) mass is 448 g/mol. The number of anilines is 5. The molecule has 0 aromatic carbocycles. The lowest BCUT2D eigenvalue weighted by molar-refractivity contribution is 0.122. The molecule has 172 valence electrons. The van der Waals surface area contributed by atoms with Crippen molar-refractivity contribution in [3.05, 3.63) is 36.3 Å². The van der Waals surface area contributed by atoms with Crippen LogP contribution in [0.25, 0.3) is 11.3 Å². The van der Waals surface area contributed by atoms with Gasteiger partial charge in [0.1, 0.15) is 11.6 Å². The smallest absolute Gasteiger partial charge is 0.229 e. The topological polar surface area (TPSA) is 130 Å². The molecule has 0 unspecified atom stereocenters. The second-order valence-corrected chi connectivity index (χ2v) is 8.04. The number of aromatic nitrogens is 5. The van der Waals surface area contributed by atoms with Crippen LogP contribution in [0.4, 0.5) is 29.2 Å². The number of hydrogen-bond donors (Lipinski definition) is 3. The Morgan fingerprint density at radius 3 is 2.39 bits per heavy atom. The fourth-order valence-electron chi connectivity index (χ4n) is 4.06. The molecule has 5 rings (SSSR count). The molecule has 11 heteroatoms. The number of pyridine rings is 1. The molecular weight excluding hydrogens is 420 g/mol. The summed E-state index contributed by atoms with van der Waals surface area (Å²) in [5.41, 5.74) is 9.02. The van der Waals surface area contributed by atoms with Crippen LogP contribution in [0.15, 0.2) is 30.7 Å². The Hall–Kier alpha value is -3.57. The van der Waals surface area contributed by atoms with Crippen molar-refractivity contribution in [3.63, 3.8) is 0 Å². The van der Waals surface area contributed by atoms with Gasteiger partial charge in [-0.1, -0.05) is 0 Å². The quantitative estimate of drug-likeness (QED) is 0.520. The first-order valence-corrected chi connectivity index (χ1v) is 11.2. The SMILES string of the molecule is Cc1c(-c2cnc(N)nc2)nc(Nc2ccc(N3CCNCC3)nc2)nc1N1CCOCC1. The molecule has 11 nitrogen and oxygen atoms in total. The molecule has 4 N–H and O–H groups in total. The maximum absolute atomic E-state index is 5.68. The van der Waals surface area contributed by atoms with Crippen molar-refractivity contribution in [2.24, 2.45) is 0 Å². The zero-order valence-electron chi connectivity index (χ0n) is 18.7. The third-order valence-electron chi connectivity index (χ3n) is 5.82. The van der Waals surface area contributed by atoms with Gasteiger partial charge in [0.2, 0.25) is 11.9 Å². The van der Waals surface area contributed by atoms with E-state index in [0.29, 0.717) is 19.2 Å². The number of nitrogens with zero attached hydrogens (tertiary/aromatic N) is 7. The number of piperazine rings is 1. The first-order valence-electron chi connectivity index (χ1n) is 11.2. The van der Waals surface area contributed by atoms with Crippen molar-refractivity contribution in [2.75, 3.05) is 73.3 Å². The predicted molar refractivity (Wildman–Crippen MR) is 128 cm³/mol. The van der Waals surface area contributed by atoms with E-state index in [2.05, 4.69) is 35.4 Å². The summed E-state index contributed by atoms with van der Waals surface area (Å²) in [6.07, 6.45) is 5.20. The molecule has 0 bridgehead atoms. The lowest BCUT2D eigenvalue weighted by Crippen LogP contribution is -2.43. The second kappa shape index (κ2) is 9.51. The van der Waals surface area contributed by atoms with Gasteiger partial charge < -0.3 is 30.9 Å². The number of rotatable bonds is 5. The molecule has 0 atom stereocenters. The molecule has 2 fully saturated rings. The zero-order chi connectivity index (χ0) is 22.6. The van der Waals surface area contributed by atoms with Crippen molar-refractivity contribution in [2.45, 2.75) is 6.92 Å². The highest BCUT2D eigenvalue weighted by molar-refractivity contribution is 5.71. The summed E-state index contributed by atoms with van der Waals surface area (Å²) in [7, 11) is 0. The van der Waals surface area contributed by atoms with Crippen LogP contribution in [0.5, 0.6) is 0 Å². The largest absolute Gasteiger partial charge is 0.378 e. The lowest BCUT2D eigenvalue weighted by Gasteiger charge is -2.30. The molecule has 0 radical (unpaired) electrons. The average molecular weight is 449 g/mol. The Bertz CT molecular complexity index is 1080. The summed E-state index contributed by atoms with van der Waals surface area (Å²) in [4.78, 5) is 27.0. The zero-order valence-corrected chi connectivity index (χ0v) is 18.7. The van der Waals surface area contributed by atoms with Crippen LogP contribution in [0.1, 0.15) is 5.56 Å². The van der Waals surface area contributed by atoms with E-state index in [9.17, 15) is 0 Å². The maximum Gasteiger partial charge on any atom is 0.229 e. The number of nitrogens with two attached hydrogens (primary N) is 1. The van der Waals surface area contributed by atoms with Gasteiger partial charge in [0.25, 0.3) is 0 Å². The Morgan fingerprint density at radius 1 is 0.939 bits per heavy atom. The van der Waals surface area contributed by atoms with E-state index in [4.69, 9.17) is 20.4 Å². The van der Waals surface area contributed by atoms with E-state index in [1.165, 1.54) is 0 Å². The van der Waals surface area contributed by atoms with Crippen LogP contribution in [0, 0.1) is 6.92 Å². The van der Waals surface area contributed by atoms with Crippen molar-refractivity contribution in [1.29, 1.82) is 0 Å². The molecule has 5 heterocycles. The molecule has 0 aliphatic carbocycles. The first kappa shape index (κ1) is 21.3. The van der Waals surface area contributed by atoms with Gasteiger partial charge in [-0.3, -0.25) is 0 Å². The number of nitrogens with one attached hydrogen (secondary N) is 2. The van der Waals surface area contributed by atoms with Crippen LogP contribution in [0.3, 0.4) is 0 Å². The minimum atomic E-state index is 0.230. The number of morpholine rings is 1. The summed E-state index contributed by atoms with van der Waals surface area (Å²) in [5.74, 6) is 2.56. The van der Waals surface area contributed by atoms with E-state index in [1.54, 1.807) is 12.4 Å². The summed E-state index contributed by atoms with van der Waals surface area (Å²) in [5, 5.41) is 6.68. The van der Waals surface area contributed by atoms with Crippen LogP contribution < -0.4 is 26.2 Å². The molecule has 2 aliphatic heterocycles. The highest BCUT2D eigenvalue weighted by atomic mass is 16.5. The minimum Gasteiger partial charge on any atom is -0.378 e. The summed E-state index contributed by atoms with van der Waals surface area (Å²) in [6, 6.07) is 4.04.